The molecule has 3 amide bonds. The number of carboxylic acids is 1. The van der Waals surface area contributed by atoms with E-state index in [0.717, 1.165) is 19.3 Å². The Hall–Kier alpha value is -4.41. The van der Waals surface area contributed by atoms with E-state index in [-0.39, 0.29) is 41.9 Å². The van der Waals surface area contributed by atoms with Crippen LogP contribution >= 0.6 is 22.9 Å². The minimum absolute atomic E-state index is 0.0468. The van der Waals surface area contributed by atoms with Crippen LogP contribution in [0.25, 0.3) is 21.6 Å². The second kappa shape index (κ2) is 12.2. The molecular formula is C31H31ClN6O6S. The number of methoxy groups -OCH3 is 1. The third-order valence-electron chi connectivity index (χ3n) is 8.59. The summed E-state index contributed by atoms with van der Waals surface area (Å²) in [5.41, 5.74) is -0.320. The van der Waals surface area contributed by atoms with Crippen LogP contribution < -0.4 is 14.8 Å². The summed E-state index contributed by atoms with van der Waals surface area (Å²) >= 11 is 7.92. The number of ether oxygens (including phenoxy) is 2. The van der Waals surface area contributed by atoms with Crippen LogP contribution in [0, 0.1) is 17.2 Å². The molecule has 14 heteroatoms. The number of aliphatic carboxylic acids is 1. The molecule has 2 N–H and O–H groups in total. The molecule has 1 aromatic carbocycles. The number of hydrogen-bond donors (Lipinski definition) is 2. The fourth-order valence-electron chi connectivity index (χ4n) is 6.00. The van der Waals surface area contributed by atoms with Gasteiger partial charge in [0.2, 0.25) is 5.91 Å². The number of carboxylic acid groups (broad SMARTS) is 1. The van der Waals surface area contributed by atoms with Crippen LogP contribution in [0.1, 0.15) is 37.8 Å². The number of rotatable bonds is 5. The van der Waals surface area contributed by atoms with Crippen molar-refractivity contribution in [2.75, 3.05) is 27.2 Å². The van der Waals surface area contributed by atoms with Crippen LogP contribution in [0.5, 0.6) is 11.5 Å². The van der Waals surface area contributed by atoms with E-state index in [4.69, 9.17) is 26.1 Å². The highest BCUT2D eigenvalue weighted by molar-refractivity contribution is 7.13. The first-order chi connectivity index (χ1) is 21.6. The van der Waals surface area contributed by atoms with Crippen molar-refractivity contribution >= 4 is 51.7 Å². The first kappa shape index (κ1) is 30.6. The summed E-state index contributed by atoms with van der Waals surface area (Å²) in [5.74, 6) is -0.835. The van der Waals surface area contributed by atoms with E-state index < -0.39 is 29.7 Å². The molecule has 4 heterocycles. The Morgan fingerprint density at radius 1 is 1.27 bits per heavy atom. The number of nitrogens with one attached hydrogen (secondary N) is 1. The topological polar surface area (TPSA) is 158 Å². The number of likely N-dealkylation sites (N-methyl/N-ethyl adjacent to an activating group) is 1. The van der Waals surface area contributed by atoms with Crippen molar-refractivity contribution in [2.45, 2.75) is 49.8 Å². The molecule has 4 atom stereocenters. The highest BCUT2D eigenvalue weighted by Crippen LogP contribution is 2.46. The molecule has 2 aromatic heterocycles. The Labute approximate surface area is 268 Å². The van der Waals surface area contributed by atoms with Crippen LogP contribution in [0.3, 0.4) is 0 Å². The summed E-state index contributed by atoms with van der Waals surface area (Å²) in [5, 5.41) is 25.0. The number of pyridine rings is 1. The molecule has 2 fully saturated rings. The van der Waals surface area contributed by atoms with Gasteiger partial charge in [0.1, 0.15) is 51.0 Å². The molecule has 234 valence electrons. The highest BCUT2D eigenvalue weighted by atomic mass is 35.5. The van der Waals surface area contributed by atoms with E-state index in [1.807, 2.05) is 18.2 Å². The van der Waals surface area contributed by atoms with Crippen molar-refractivity contribution in [1.29, 1.82) is 5.26 Å². The molecule has 0 bridgehead atoms. The summed E-state index contributed by atoms with van der Waals surface area (Å²) in [7, 11) is 3.21. The minimum Gasteiger partial charge on any atom is -0.495 e. The van der Waals surface area contributed by atoms with Gasteiger partial charge < -0.3 is 29.7 Å². The zero-order valence-electron chi connectivity index (χ0n) is 24.7. The molecule has 0 unspecified atom stereocenters. The fraction of sp³-hybridized carbons (Fsp3) is 0.419. The summed E-state index contributed by atoms with van der Waals surface area (Å²) in [6.45, 7) is 0.578. The van der Waals surface area contributed by atoms with E-state index in [0.29, 0.717) is 39.6 Å². The maximum Gasteiger partial charge on any atom is 0.330 e. The van der Waals surface area contributed by atoms with E-state index in [1.54, 1.807) is 35.5 Å². The van der Waals surface area contributed by atoms with E-state index in [1.165, 1.54) is 23.3 Å². The van der Waals surface area contributed by atoms with Gasteiger partial charge >= 0.3 is 12.0 Å². The average molecular weight is 651 g/mol. The lowest BCUT2D eigenvalue weighted by atomic mass is 10.1. The van der Waals surface area contributed by atoms with E-state index in [9.17, 15) is 24.8 Å². The number of carbonyl (C=O) groups is 3. The van der Waals surface area contributed by atoms with Crippen molar-refractivity contribution < 1.29 is 29.0 Å². The number of urea groups is 1. The zero-order valence-corrected chi connectivity index (χ0v) is 26.2. The number of fused-ring (bicyclic) bond motifs is 3. The molecule has 1 saturated carbocycles. The average Bonchev–Trinajstić information content (AvgIpc) is 3.33. The van der Waals surface area contributed by atoms with E-state index in [2.05, 4.69) is 10.3 Å². The molecule has 1 saturated heterocycles. The van der Waals surface area contributed by atoms with Crippen molar-refractivity contribution in [2.24, 2.45) is 5.92 Å². The Bertz CT molecular complexity index is 1760. The SMILES string of the molecule is COc1ccc2c(O[C@H]3C[C@H]4C(=O)N(C)CCCC/C=C\[C@H]5C[C@@]5(C(=O)O)NC(=O)N4C3)cc(-c3nc(C#N)cs3)nc2c1Cl. The normalized spacial score (nSPS) is 25.9. The molecule has 2 aliphatic heterocycles. The van der Waals surface area contributed by atoms with Gasteiger partial charge in [0.25, 0.3) is 0 Å². The number of allylic oxidation sites excluding steroid dienone is 1. The predicted molar refractivity (Wildman–Crippen MR) is 166 cm³/mol. The third kappa shape index (κ3) is 5.76. The number of benzene rings is 1. The maximum absolute atomic E-state index is 13.7. The van der Waals surface area contributed by atoms with Gasteiger partial charge in [-0.2, -0.15) is 5.26 Å². The van der Waals surface area contributed by atoms with Crippen LogP contribution in [0.4, 0.5) is 4.79 Å². The second-order valence-corrected chi connectivity index (χ2v) is 12.7. The van der Waals surface area contributed by atoms with Gasteiger partial charge in [0.05, 0.1) is 19.2 Å². The molecule has 3 aromatic rings. The predicted octanol–water partition coefficient (Wildman–Crippen LogP) is 4.47. The molecule has 0 spiro atoms. The molecule has 6 rings (SSSR count). The number of halogens is 1. The quantitative estimate of drug-likeness (QED) is 0.380. The number of carbonyl (C=O) groups excluding carboxylic acids is 2. The molecule has 12 nitrogen and oxygen atoms in total. The molecule has 1 aliphatic carbocycles. The van der Waals surface area contributed by atoms with Crippen LogP contribution in [0.15, 0.2) is 35.7 Å². The van der Waals surface area contributed by atoms with Crippen LogP contribution in [-0.2, 0) is 9.59 Å². The van der Waals surface area contributed by atoms with Gasteiger partial charge in [-0.15, -0.1) is 11.3 Å². The van der Waals surface area contributed by atoms with Crippen molar-refractivity contribution in [3.63, 3.8) is 0 Å². The maximum atomic E-state index is 13.7. The lowest BCUT2D eigenvalue weighted by Gasteiger charge is -2.29. The first-order valence-corrected chi connectivity index (χ1v) is 15.8. The number of aromatic nitrogens is 2. The van der Waals surface area contributed by atoms with E-state index >= 15 is 0 Å². The molecular weight excluding hydrogens is 620 g/mol. The molecule has 0 radical (unpaired) electrons. The van der Waals surface area contributed by atoms with Gasteiger partial charge in [-0.25, -0.2) is 19.6 Å². The largest absolute Gasteiger partial charge is 0.495 e. The Balaban J connectivity index is 1.35. The number of nitrogens with zero attached hydrogens (tertiary/aromatic N) is 5. The number of thiazole rings is 1. The second-order valence-electron chi connectivity index (χ2n) is 11.5. The lowest BCUT2D eigenvalue weighted by molar-refractivity contribution is -0.140. The van der Waals surface area contributed by atoms with Crippen molar-refractivity contribution in [3.8, 4) is 28.3 Å². The first-order valence-electron chi connectivity index (χ1n) is 14.6. The van der Waals surface area contributed by atoms with Crippen molar-refractivity contribution in [1.82, 2.24) is 25.1 Å². The van der Waals surface area contributed by atoms with Crippen LogP contribution in [-0.4, -0.2) is 87.7 Å². The van der Waals surface area contributed by atoms with Gasteiger partial charge in [-0.3, -0.25) is 4.79 Å². The smallest absolute Gasteiger partial charge is 0.330 e. The third-order valence-corrected chi connectivity index (χ3v) is 9.82. The van der Waals surface area contributed by atoms with Gasteiger partial charge in [0.15, 0.2) is 5.69 Å². The monoisotopic (exact) mass is 650 g/mol. The highest BCUT2D eigenvalue weighted by Gasteiger charge is 2.61. The summed E-state index contributed by atoms with van der Waals surface area (Å²) in [6, 6.07) is 5.71. The molecule has 45 heavy (non-hydrogen) atoms. The molecule has 3 aliphatic rings. The number of nitriles is 1. The fourth-order valence-corrected chi connectivity index (χ4v) is 6.99. The van der Waals surface area contributed by atoms with Crippen LogP contribution in [0.2, 0.25) is 5.02 Å². The van der Waals surface area contributed by atoms with Gasteiger partial charge in [-0.1, -0.05) is 23.8 Å². The zero-order chi connectivity index (χ0) is 31.9. The Kier molecular flexibility index (Phi) is 8.28. The number of amides is 3. The summed E-state index contributed by atoms with van der Waals surface area (Å²) in [4.78, 5) is 51.7. The summed E-state index contributed by atoms with van der Waals surface area (Å²) < 4.78 is 11.9. The lowest BCUT2D eigenvalue weighted by Crippen LogP contribution is -2.55. The Morgan fingerprint density at radius 3 is 2.82 bits per heavy atom. The Morgan fingerprint density at radius 2 is 2.09 bits per heavy atom. The minimum atomic E-state index is -1.40. The van der Waals surface area contributed by atoms with Gasteiger partial charge in [0, 0.05) is 42.8 Å². The van der Waals surface area contributed by atoms with Crippen molar-refractivity contribution in [3.05, 3.63) is 46.4 Å². The summed E-state index contributed by atoms with van der Waals surface area (Å²) in [6.07, 6.45) is 6.10. The standard InChI is InChI=1S/C31H31ClN6O6S/c1-37-10-6-4-3-5-7-17-13-31(17,29(40)41)36-30(42)38-15-19(11-22(38)28(37)39)44-24-12-21(27-34-18(14-33)16-45-27)35-26-20(24)8-9-23(43-2)25(26)32/h5,7-9,12,16-17,19,22H,3-4,6,10-11,13,15H2,1-2H3,(H,36,42)(H,40,41)/b7-5-/t17-,19-,22-,31+/m0/s1. The van der Waals surface area contributed by atoms with Gasteiger partial charge in [-0.05, 0) is 37.8 Å². The number of hydrogen-bond acceptors (Lipinski definition) is 9.